The number of amides is 1. The monoisotopic (exact) mass is 470 g/mol. The topological polar surface area (TPSA) is 87.2 Å². The van der Waals surface area contributed by atoms with Gasteiger partial charge in [0.05, 0.1) is 23.7 Å². The highest BCUT2D eigenvalue weighted by atomic mass is 32.2. The molecule has 0 unspecified atom stereocenters. The number of piperazine rings is 1. The Labute approximate surface area is 183 Å². The molecule has 1 amide bonds. The summed E-state index contributed by atoms with van der Waals surface area (Å²) < 4.78 is 69.9. The summed E-state index contributed by atoms with van der Waals surface area (Å²) in [4.78, 5) is 14.1. The van der Waals surface area contributed by atoms with Crippen LogP contribution in [0.2, 0.25) is 0 Å². The summed E-state index contributed by atoms with van der Waals surface area (Å²) in [6.45, 7) is 0.774. The maximum Gasteiger partial charge on any atom is 0.416 e. The first kappa shape index (κ1) is 22.7. The summed E-state index contributed by atoms with van der Waals surface area (Å²) in [7, 11) is -3.97. The van der Waals surface area contributed by atoms with Crippen LogP contribution in [0.15, 0.2) is 53.4 Å². The molecule has 2 fully saturated rings. The van der Waals surface area contributed by atoms with Gasteiger partial charge in [-0.15, -0.1) is 0 Å². The average molecular weight is 470 g/mol. The number of carbonyl (C=O) groups excluding carboxylic acids is 1. The van der Waals surface area contributed by atoms with Crippen LogP contribution in [0.3, 0.4) is 0 Å². The number of ether oxygens (including phenoxy) is 1. The van der Waals surface area contributed by atoms with Crippen molar-refractivity contribution in [2.75, 3.05) is 39.4 Å². The third kappa shape index (κ3) is 4.25. The SMILES string of the molecule is O=C(c1ccc(C2(O)COC2)cc1)N1CCN(S(=O)(=O)c2ccc(C(F)(F)F)cc2)CC1. The predicted molar refractivity (Wildman–Crippen MR) is 107 cm³/mol. The fourth-order valence-corrected chi connectivity index (χ4v) is 5.09. The van der Waals surface area contributed by atoms with E-state index < -0.39 is 27.4 Å². The second kappa shape index (κ2) is 8.14. The second-order valence-electron chi connectivity index (χ2n) is 7.82. The molecule has 0 spiro atoms. The Bertz CT molecular complexity index is 1090. The van der Waals surface area contributed by atoms with E-state index in [1.54, 1.807) is 24.3 Å². The van der Waals surface area contributed by atoms with Crippen molar-refractivity contribution in [3.8, 4) is 0 Å². The standard InChI is InChI=1S/C21H21F3N2O5S/c22-21(23,24)17-5-7-18(8-6-17)32(29,30)26-11-9-25(10-12-26)19(27)15-1-3-16(4-2-15)20(28)13-31-14-20/h1-8,28H,9-14H2. The number of hydrogen-bond donors (Lipinski definition) is 1. The minimum atomic E-state index is -4.55. The van der Waals surface area contributed by atoms with Crippen LogP contribution < -0.4 is 0 Å². The highest BCUT2D eigenvalue weighted by molar-refractivity contribution is 7.89. The van der Waals surface area contributed by atoms with E-state index in [1.165, 1.54) is 4.90 Å². The zero-order chi connectivity index (χ0) is 23.1. The molecule has 2 aliphatic rings. The van der Waals surface area contributed by atoms with Crippen molar-refractivity contribution in [3.05, 3.63) is 65.2 Å². The highest BCUT2D eigenvalue weighted by Crippen LogP contribution is 2.31. The third-order valence-electron chi connectivity index (χ3n) is 5.70. The number of carbonyl (C=O) groups is 1. The minimum Gasteiger partial charge on any atom is -0.380 e. The molecule has 4 rings (SSSR count). The average Bonchev–Trinajstić information content (AvgIpc) is 2.76. The lowest BCUT2D eigenvalue weighted by molar-refractivity contribution is -0.184. The molecule has 0 bridgehead atoms. The summed E-state index contributed by atoms with van der Waals surface area (Å²) in [5.74, 6) is -0.264. The van der Waals surface area contributed by atoms with Gasteiger partial charge in [0.15, 0.2) is 0 Å². The minimum absolute atomic E-state index is 0.0320. The fourth-order valence-electron chi connectivity index (χ4n) is 3.66. The Hall–Kier alpha value is -2.47. The molecule has 0 atom stereocenters. The summed E-state index contributed by atoms with van der Waals surface area (Å²) in [6.07, 6.45) is -4.55. The molecule has 2 heterocycles. The first-order valence-electron chi connectivity index (χ1n) is 9.88. The number of sulfonamides is 1. The van der Waals surface area contributed by atoms with E-state index in [2.05, 4.69) is 0 Å². The van der Waals surface area contributed by atoms with Gasteiger partial charge >= 0.3 is 6.18 Å². The molecule has 2 aliphatic heterocycles. The molecule has 0 aromatic heterocycles. The summed E-state index contributed by atoms with van der Waals surface area (Å²) in [6, 6.07) is 9.92. The van der Waals surface area contributed by atoms with Crippen molar-refractivity contribution >= 4 is 15.9 Å². The highest BCUT2D eigenvalue weighted by Gasteiger charge is 2.38. The van der Waals surface area contributed by atoms with Gasteiger partial charge in [0, 0.05) is 31.7 Å². The van der Waals surface area contributed by atoms with Crippen molar-refractivity contribution in [1.29, 1.82) is 0 Å². The van der Waals surface area contributed by atoms with Crippen molar-refractivity contribution in [1.82, 2.24) is 9.21 Å². The maximum atomic E-state index is 12.8. The van der Waals surface area contributed by atoms with Crippen LogP contribution in [-0.4, -0.2) is 68.0 Å². The van der Waals surface area contributed by atoms with Crippen LogP contribution in [0.5, 0.6) is 0 Å². The van der Waals surface area contributed by atoms with Crippen LogP contribution >= 0.6 is 0 Å². The van der Waals surface area contributed by atoms with Gasteiger partial charge in [0.2, 0.25) is 10.0 Å². The normalized spacial score (nSPS) is 19.4. The fraction of sp³-hybridized carbons (Fsp3) is 0.381. The molecular formula is C21H21F3N2O5S. The zero-order valence-corrected chi connectivity index (χ0v) is 17.7. The van der Waals surface area contributed by atoms with Crippen molar-refractivity contribution < 1.29 is 36.2 Å². The van der Waals surface area contributed by atoms with Crippen LogP contribution in [-0.2, 0) is 26.5 Å². The summed E-state index contributed by atoms with van der Waals surface area (Å²) >= 11 is 0. The molecule has 0 radical (unpaired) electrons. The summed E-state index contributed by atoms with van der Waals surface area (Å²) in [5, 5.41) is 10.3. The smallest absolute Gasteiger partial charge is 0.380 e. The molecule has 0 aliphatic carbocycles. The molecule has 1 N–H and O–H groups in total. The molecule has 32 heavy (non-hydrogen) atoms. The van der Waals surface area contributed by atoms with Crippen molar-refractivity contribution in [3.63, 3.8) is 0 Å². The van der Waals surface area contributed by atoms with E-state index in [1.807, 2.05) is 0 Å². The molecular weight excluding hydrogens is 449 g/mol. The Morgan fingerprint density at radius 1 is 0.938 bits per heavy atom. The van der Waals surface area contributed by atoms with Crippen LogP contribution in [0.4, 0.5) is 13.2 Å². The number of alkyl halides is 3. The Kier molecular flexibility index (Phi) is 5.78. The quantitative estimate of drug-likeness (QED) is 0.740. The van der Waals surface area contributed by atoms with E-state index >= 15 is 0 Å². The van der Waals surface area contributed by atoms with Gasteiger partial charge in [-0.05, 0) is 42.0 Å². The summed E-state index contributed by atoms with van der Waals surface area (Å²) in [5.41, 5.74) is -0.876. The largest absolute Gasteiger partial charge is 0.416 e. The van der Waals surface area contributed by atoms with Gasteiger partial charge in [-0.25, -0.2) is 8.42 Å². The lowest BCUT2D eigenvalue weighted by atomic mass is 9.91. The molecule has 2 saturated heterocycles. The number of halogens is 3. The molecule has 2 aromatic rings. The van der Waals surface area contributed by atoms with Gasteiger partial charge in [0.1, 0.15) is 5.60 Å². The van der Waals surface area contributed by atoms with E-state index in [0.29, 0.717) is 11.1 Å². The molecule has 172 valence electrons. The maximum absolute atomic E-state index is 12.8. The number of aliphatic hydroxyl groups is 1. The van der Waals surface area contributed by atoms with E-state index in [0.717, 1.165) is 28.6 Å². The number of hydrogen-bond acceptors (Lipinski definition) is 5. The van der Waals surface area contributed by atoms with E-state index in [9.17, 15) is 31.5 Å². The Morgan fingerprint density at radius 3 is 1.97 bits per heavy atom. The van der Waals surface area contributed by atoms with Gasteiger partial charge in [0.25, 0.3) is 5.91 Å². The molecule has 11 heteroatoms. The van der Waals surface area contributed by atoms with Gasteiger partial charge in [-0.3, -0.25) is 4.79 Å². The molecule has 0 saturated carbocycles. The Morgan fingerprint density at radius 2 is 1.50 bits per heavy atom. The lowest BCUT2D eigenvalue weighted by Gasteiger charge is -2.37. The first-order valence-corrected chi connectivity index (χ1v) is 11.3. The lowest BCUT2D eigenvalue weighted by Crippen LogP contribution is -2.50. The van der Waals surface area contributed by atoms with Crippen LogP contribution in [0, 0.1) is 0 Å². The van der Waals surface area contributed by atoms with Crippen LogP contribution in [0.25, 0.3) is 0 Å². The van der Waals surface area contributed by atoms with E-state index in [4.69, 9.17) is 4.74 Å². The predicted octanol–water partition coefficient (Wildman–Crippen LogP) is 2.07. The number of benzene rings is 2. The van der Waals surface area contributed by atoms with Gasteiger partial charge in [-0.1, -0.05) is 12.1 Å². The zero-order valence-electron chi connectivity index (χ0n) is 16.9. The number of nitrogens with zero attached hydrogens (tertiary/aromatic N) is 2. The van der Waals surface area contributed by atoms with Crippen molar-refractivity contribution in [2.24, 2.45) is 0 Å². The second-order valence-corrected chi connectivity index (χ2v) is 9.76. The van der Waals surface area contributed by atoms with Crippen molar-refractivity contribution in [2.45, 2.75) is 16.7 Å². The van der Waals surface area contributed by atoms with Gasteiger partial charge < -0.3 is 14.7 Å². The number of rotatable bonds is 4. The van der Waals surface area contributed by atoms with Gasteiger partial charge in [-0.2, -0.15) is 17.5 Å². The van der Waals surface area contributed by atoms with E-state index in [-0.39, 0.29) is 50.2 Å². The third-order valence-corrected chi connectivity index (χ3v) is 7.61. The van der Waals surface area contributed by atoms with Crippen LogP contribution in [0.1, 0.15) is 21.5 Å². The Balaban J connectivity index is 1.39. The molecule has 7 nitrogen and oxygen atoms in total. The first-order chi connectivity index (χ1) is 15.0. The molecule has 2 aromatic carbocycles.